The molecule has 2 heterocycles. The fourth-order valence-corrected chi connectivity index (χ4v) is 5.99. The highest BCUT2D eigenvalue weighted by Gasteiger charge is 2.27. The molecule has 3 nitrogen and oxygen atoms in total. The van der Waals surface area contributed by atoms with Crippen molar-refractivity contribution in [3.8, 4) is 5.75 Å². The first-order chi connectivity index (χ1) is 14.7. The van der Waals surface area contributed by atoms with Gasteiger partial charge in [0.15, 0.2) is 0 Å². The number of ketones is 1. The van der Waals surface area contributed by atoms with E-state index in [1.807, 2.05) is 0 Å². The number of carbonyl (C=O) groups is 1. The van der Waals surface area contributed by atoms with Gasteiger partial charge in [-0.2, -0.15) is 0 Å². The van der Waals surface area contributed by atoms with E-state index in [1.54, 1.807) is 5.56 Å². The van der Waals surface area contributed by atoms with Gasteiger partial charge in [0.2, 0.25) is 0 Å². The van der Waals surface area contributed by atoms with Crippen LogP contribution in [0, 0.1) is 11.8 Å². The lowest BCUT2D eigenvalue weighted by molar-refractivity contribution is -0.120. The summed E-state index contributed by atoms with van der Waals surface area (Å²) in [6.07, 6.45) is 14.2. The van der Waals surface area contributed by atoms with Crippen LogP contribution in [0.1, 0.15) is 94.6 Å². The molecule has 0 N–H and O–H groups in total. The number of hydrogen-bond acceptors (Lipinski definition) is 3. The number of fused-ring (bicyclic) bond motifs is 1. The zero-order valence-electron chi connectivity index (χ0n) is 19.0. The predicted molar refractivity (Wildman–Crippen MR) is 123 cm³/mol. The second-order valence-corrected chi connectivity index (χ2v) is 10.1. The molecule has 1 aromatic carbocycles. The van der Waals surface area contributed by atoms with Crippen molar-refractivity contribution < 1.29 is 9.53 Å². The number of likely N-dealkylation sites (tertiary alicyclic amines) is 1. The Labute approximate surface area is 183 Å². The molecule has 3 heteroatoms. The average molecular weight is 412 g/mol. The summed E-state index contributed by atoms with van der Waals surface area (Å²) in [5, 5.41) is 0. The lowest BCUT2D eigenvalue weighted by atomic mass is 9.78. The molecule has 1 saturated heterocycles. The Morgan fingerprint density at radius 1 is 1.07 bits per heavy atom. The van der Waals surface area contributed by atoms with Gasteiger partial charge in [0.05, 0.1) is 6.61 Å². The third-order valence-electron chi connectivity index (χ3n) is 7.95. The van der Waals surface area contributed by atoms with Crippen molar-refractivity contribution in [2.24, 2.45) is 11.8 Å². The van der Waals surface area contributed by atoms with Crippen molar-refractivity contribution in [2.45, 2.75) is 89.9 Å². The van der Waals surface area contributed by atoms with Crippen molar-refractivity contribution in [3.63, 3.8) is 0 Å². The Bertz CT molecular complexity index is 684. The number of piperidine rings is 1. The minimum atomic E-state index is 0.513. The highest BCUT2D eigenvalue weighted by molar-refractivity contribution is 5.78. The summed E-state index contributed by atoms with van der Waals surface area (Å²) in [7, 11) is 0. The van der Waals surface area contributed by atoms with E-state index in [1.165, 1.54) is 70.1 Å². The van der Waals surface area contributed by atoms with Crippen LogP contribution in [0.3, 0.4) is 0 Å². The summed E-state index contributed by atoms with van der Waals surface area (Å²) in [6, 6.07) is 6.66. The van der Waals surface area contributed by atoms with Gasteiger partial charge >= 0.3 is 0 Å². The fourth-order valence-electron chi connectivity index (χ4n) is 5.99. The summed E-state index contributed by atoms with van der Waals surface area (Å²) < 4.78 is 5.77. The number of carbonyl (C=O) groups excluding carboxylic acids is 1. The van der Waals surface area contributed by atoms with E-state index >= 15 is 0 Å². The molecule has 3 aliphatic rings. The van der Waals surface area contributed by atoms with Crippen LogP contribution in [0.15, 0.2) is 18.2 Å². The van der Waals surface area contributed by atoms with Crippen LogP contribution in [0.2, 0.25) is 0 Å². The molecule has 1 aliphatic carbocycles. The van der Waals surface area contributed by atoms with Gasteiger partial charge in [0, 0.05) is 24.8 Å². The maximum absolute atomic E-state index is 12.1. The van der Waals surface area contributed by atoms with E-state index in [9.17, 15) is 4.79 Å². The molecule has 2 aliphatic heterocycles. The van der Waals surface area contributed by atoms with Crippen molar-refractivity contribution in [2.75, 3.05) is 26.2 Å². The first-order valence-corrected chi connectivity index (χ1v) is 12.7. The Morgan fingerprint density at radius 3 is 2.60 bits per heavy atom. The predicted octanol–water partition coefficient (Wildman–Crippen LogP) is 6.15. The van der Waals surface area contributed by atoms with Gasteiger partial charge in [-0.3, -0.25) is 4.79 Å². The van der Waals surface area contributed by atoms with E-state index in [2.05, 4.69) is 30.0 Å². The van der Waals surface area contributed by atoms with E-state index in [4.69, 9.17) is 4.74 Å². The number of rotatable bonds is 9. The molecule has 0 spiro atoms. The SMILES string of the molecule is CCCCC(=O)CC1CCC(CCN2CCC(c3cccc4c3CCO4)CC2)CC1. The standard InChI is InChI=1S/C27H41NO2/c1-2-3-5-24(29)20-22-10-8-21(9-11-22)12-16-28-17-13-23(14-18-28)25-6-4-7-27-26(25)15-19-30-27/h4,6-7,21-23H,2-3,5,8-20H2,1H3. The van der Waals surface area contributed by atoms with Gasteiger partial charge in [-0.1, -0.05) is 38.3 Å². The lowest BCUT2D eigenvalue weighted by Crippen LogP contribution is -2.35. The van der Waals surface area contributed by atoms with E-state index in [-0.39, 0.29) is 0 Å². The summed E-state index contributed by atoms with van der Waals surface area (Å²) in [5.41, 5.74) is 3.05. The zero-order chi connectivity index (χ0) is 20.8. The van der Waals surface area contributed by atoms with Crippen LogP contribution >= 0.6 is 0 Å². The number of hydrogen-bond donors (Lipinski definition) is 0. The second kappa shape index (κ2) is 10.8. The third kappa shape index (κ3) is 5.66. The quantitative estimate of drug-likeness (QED) is 0.488. The van der Waals surface area contributed by atoms with Crippen molar-refractivity contribution in [1.82, 2.24) is 4.90 Å². The van der Waals surface area contributed by atoms with E-state index in [0.29, 0.717) is 11.7 Å². The molecule has 4 rings (SSSR count). The van der Waals surface area contributed by atoms with E-state index in [0.717, 1.165) is 56.3 Å². The smallest absolute Gasteiger partial charge is 0.133 e. The van der Waals surface area contributed by atoms with Gasteiger partial charge in [0.1, 0.15) is 11.5 Å². The molecule has 0 amide bonds. The average Bonchev–Trinajstić information content (AvgIpc) is 3.27. The maximum atomic E-state index is 12.1. The van der Waals surface area contributed by atoms with Crippen LogP contribution in [0.25, 0.3) is 0 Å². The number of ether oxygens (including phenoxy) is 1. The van der Waals surface area contributed by atoms with Gasteiger partial charge in [0.25, 0.3) is 0 Å². The molecule has 0 aromatic heterocycles. The van der Waals surface area contributed by atoms with Crippen LogP contribution in [-0.2, 0) is 11.2 Å². The first kappa shape index (κ1) is 21.9. The molecule has 1 saturated carbocycles. The van der Waals surface area contributed by atoms with Gasteiger partial charge < -0.3 is 9.64 Å². The second-order valence-electron chi connectivity index (χ2n) is 10.1. The first-order valence-electron chi connectivity index (χ1n) is 12.7. The molecule has 1 aromatic rings. The maximum Gasteiger partial charge on any atom is 0.133 e. The number of benzene rings is 1. The van der Waals surface area contributed by atoms with Crippen LogP contribution in [-0.4, -0.2) is 36.9 Å². The lowest BCUT2D eigenvalue weighted by Gasteiger charge is -2.35. The van der Waals surface area contributed by atoms with Crippen molar-refractivity contribution in [3.05, 3.63) is 29.3 Å². The van der Waals surface area contributed by atoms with Gasteiger partial charge in [-0.15, -0.1) is 0 Å². The Morgan fingerprint density at radius 2 is 1.83 bits per heavy atom. The minimum Gasteiger partial charge on any atom is -0.493 e. The molecule has 0 unspecified atom stereocenters. The topological polar surface area (TPSA) is 29.5 Å². The molecule has 0 bridgehead atoms. The van der Waals surface area contributed by atoms with Crippen LogP contribution in [0.5, 0.6) is 5.75 Å². The third-order valence-corrected chi connectivity index (χ3v) is 7.95. The molecule has 0 radical (unpaired) electrons. The molecular weight excluding hydrogens is 370 g/mol. The Balaban J connectivity index is 1.14. The highest BCUT2D eigenvalue weighted by Crippen LogP contribution is 2.37. The Kier molecular flexibility index (Phi) is 7.87. The monoisotopic (exact) mass is 411 g/mol. The largest absolute Gasteiger partial charge is 0.493 e. The molecule has 30 heavy (non-hydrogen) atoms. The highest BCUT2D eigenvalue weighted by atomic mass is 16.5. The zero-order valence-corrected chi connectivity index (χ0v) is 19.0. The van der Waals surface area contributed by atoms with E-state index < -0.39 is 0 Å². The molecule has 0 atom stereocenters. The summed E-state index contributed by atoms with van der Waals surface area (Å²) in [6.45, 7) is 6.80. The molecular formula is C27H41NO2. The summed E-state index contributed by atoms with van der Waals surface area (Å²) in [4.78, 5) is 14.8. The Hall–Kier alpha value is -1.35. The normalized spacial score (nSPS) is 25.1. The summed E-state index contributed by atoms with van der Waals surface area (Å²) in [5.74, 6) is 3.94. The van der Waals surface area contributed by atoms with Gasteiger partial charge in [-0.25, -0.2) is 0 Å². The molecule has 2 fully saturated rings. The van der Waals surface area contributed by atoms with Crippen molar-refractivity contribution in [1.29, 1.82) is 0 Å². The number of nitrogens with zero attached hydrogens (tertiary/aromatic N) is 1. The van der Waals surface area contributed by atoms with Gasteiger partial charge in [-0.05, 0) is 87.5 Å². The number of unbranched alkanes of at least 4 members (excludes halogenated alkanes) is 1. The van der Waals surface area contributed by atoms with Crippen LogP contribution < -0.4 is 4.74 Å². The summed E-state index contributed by atoms with van der Waals surface area (Å²) >= 11 is 0. The van der Waals surface area contributed by atoms with Crippen LogP contribution in [0.4, 0.5) is 0 Å². The number of Topliss-reactive ketones (excluding diaryl/α,β-unsaturated/α-hetero) is 1. The fraction of sp³-hybridized carbons (Fsp3) is 0.741. The molecule has 166 valence electrons. The van der Waals surface area contributed by atoms with Crippen molar-refractivity contribution >= 4 is 5.78 Å². The minimum absolute atomic E-state index is 0.513.